The summed E-state index contributed by atoms with van der Waals surface area (Å²) in [5.41, 5.74) is 2.48. The summed E-state index contributed by atoms with van der Waals surface area (Å²) in [5.74, 6) is -0.784. The Kier molecular flexibility index (Phi) is 6.01. The van der Waals surface area contributed by atoms with Gasteiger partial charge in [0.15, 0.2) is 0 Å². The summed E-state index contributed by atoms with van der Waals surface area (Å²) in [6.07, 6.45) is 0. The number of anilines is 3. The first-order valence-corrected chi connectivity index (χ1v) is 8.75. The minimum Gasteiger partial charge on any atom is -0.376 e. The van der Waals surface area contributed by atoms with Gasteiger partial charge in [-0.3, -0.25) is 9.59 Å². The number of nitrogens with zero attached hydrogens (tertiary/aromatic N) is 1. The number of hydrogen-bond acceptors (Lipinski definition) is 3. The molecule has 0 bridgehead atoms. The lowest BCUT2D eigenvalue weighted by Crippen LogP contribution is -2.26. The number of rotatable bonds is 6. The van der Waals surface area contributed by atoms with Crippen LogP contribution in [0.4, 0.5) is 21.5 Å². The molecule has 6 heteroatoms. The first-order valence-electron chi connectivity index (χ1n) is 8.75. The number of carbonyl (C=O) groups excluding carboxylic acids is 2. The van der Waals surface area contributed by atoms with Crippen LogP contribution in [0, 0.1) is 5.82 Å². The minimum atomic E-state index is -0.363. The Bertz CT molecular complexity index is 959. The molecule has 0 atom stereocenters. The van der Waals surface area contributed by atoms with E-state index < -0.39 is 0 Å². The fraction of sp³-hybridized carbons (Fsp3) is 0.0909. The lowest BCUT2D eigenvalue weighted by Gasteiger charge is -2.18. The maximum absolute atomic E-state index is 12.9. The van der Waals surface area contributed by atoms with Gasteiger partial charge in [0.25, 0.3) is 5.91 Å². The highest BCUT2D eigenvalue weighted by atomic mass is 19.1. The molecule has 3 rings (SSSR count). The maximum Gasteiger partial charge on any atom is 0.258 e. The molecule has 0 heterocycles. The molecular weight excluding hydrogens is 357 g/mol. The van der Waals surface area contributed by atoms with Gasteiger partial charge in [0.1, 0.15) is 5.82 Å². The SMILES string of the molecule is CN(C(=O)c1cccc(NCC(=O)Nc2ccc(F)cc2)c1)c1ccccc1. The van der Waals surface area contributed by atoms with E-state index in [0.717, 1.165) is 5.69 Å². The highest BCUT2D eigenvalue weighted by Gasteiger charge is 2.13. The van der Waals surface area contributed by atoms with E-state index in [1.54, 1.807) is 36.2 Å². The summed E-state index contributed by atoms with van der Waals surface area (Å²) >= 11 is 0. The lowest BCUT2D eigenvalue weighted by atomic mass is 10.1. The zero-order valence-electron chi connectivity index (χ0n) is 15.4. The van der Waals surface area contributed by atoms with Gasteiger partial charge in [-0.15, -0.1) is 0 Å². The van der Waals surface area contributed by atoms with Crippen molar-refractivity contribution >= 4 is 28.9 Å². The van der Waals surface area contributed by atoms with E-state index in [1.165, 1.54) is 24.3 Å². The van der Waals surface area contributed by atoms with E-state index >= 15 is 0 Å². The molecular formula is C22H20FN3O2. The van der Waals surface area contributed by atoms with Crippen molar-refractivity contribution in [2.75, 3.05) is 29.1 Å². The Labute approximate surface area is 162 Å². The number of amides is 2. The third-order valence-corrected chi connectivity index (χ3v) is 4.14. The minimum absolute atomic E-state index is 0.0174. The van der Waals surface area contributed by atoms with Crippen molar-refractivity contribution in [3.8, 4) is 0 Å². The number of halogens is 1. The molecule has 0 aromatic heterocycles. The third kappa shape index (κ3) is 4.94. The van der Waals surface area contributed by atoms with E-state index in [2.05, 4.69) is 10.6 Å². The van der Waals surface area contributed by atoms with E-state index in [-0.39, 0.29) is 24.2 Å². The highest BCUT2D eigenvalue weighted by molar-refractivity contribution is 6.06. The first kappa shape index (κ1) is 19.1. The van der Waals surface area contributed by atoms with Gasteiger partial charge in [-0.1, -0.05) is 24.3 Å². The summed E-state index contributed by atoms with van der Waals surface area (Å²) in [5, 5.41) is 5.67. The predicted molar refractivity (Wildman–Crippen MR) is 109 cm³/mol. The average molecular weight is 377 g/mol. The van der Waals surface area contributed by atoms with Crippen LogP contribution in [-0.4, -0.2) is 25.4 Å². The molecule has 0 aliphatic heterocycles. The Morgan fingerprint density at radius 2 is 1.61 bits per heavy atom. The fourth-order valence-electron chi connectivity index (χ4n) is 2.65. The average Bonchev–Trinajstić information content (AvgIpc) is 2.74. The van der Waals surface area contributed by atoms with Crippen molar-refractivity contribution in [2.24, 2.45) is 0 Å². The van der Waals surface area contributed by atoms with Gasteiger partial charge < -0.3 is 15.5 Å². The number of nitrogens with one attached hydrogen (secondary N) is 2. The standard InChI is InChI=1S/C22H20FN3O2/c1-26(20-8-3-2-4-9-20)22(28)16-6-5-7-19(14-16)24-15-21(27)25-18-12-10-17(23)11-13-18/h2-14,24H,15H2,1H3,(H,25,27). The highest BCUT2D eigenvalue weighted by Crippen LogP contribution is 2.17. The van der Waals surface area contributed by atoms with Crippen molar-refractivity contribution < 1.29 is 14.0 Å². The predicted octanol–water partition coefficient (Wildman–Crippen LogP) is 4.15. The van der Waals surface area contributed by atoms with E-state index in [1.807, 2.05) is 30.3 Å². The molecule has 3 aromatic rings. The zero-order chi connectivity index (χ0) is 19.9. The molecule has 0 aliphatic carbocycles. The summed E-state index contributed by atoms with van der Waals surface area (Å²) in [4.78, 5) is 26.3. The van der Waals surface area contributed by atoms with Gasteiger partial charge in [0, 0.05) is 29.7 Å². The monoisotopic (exact) mass is 377 g/mol. The van der Waals surface area contributed by atoms with Crippen LogP contribution in [0.15, 0.2) is 78.9 Å². The Hall–Kier alpha value is -3.67. The molecule has 0 aliphatic rings. The van der Waals surface area contributed by atoms with Crippen LogP contribution in [0.25, 0.3) is 0 Å². The molecule has 2 amide bonds. The van der Waals surface area contributed by atoms with Crippen molar-refractivity contribution in [3.63, 3.8) is 0 Å². The van der Waals surface area contributed by atoms with Crippen LogP contribution in [0.1, 0.15) is 10.4 Å². The molecule has 0 radical (unpaired) electrons. The molecule has 0 spiro atoms. The molecule has 28 heavy (non-hydrogen) atoms. The van der Waals surface area contributed by atoms with Gasteiger partial charge in [-0.25, -0.2) is 4.39 Å². The number of para-hydroxylation sites is 1. The van der Waals surface area contributed by atoms with Crippen molar-refractivity contribution in [3.05, 3.63) is 90.2 Å². The summed E-state index contributed by atoms with van der Waals surface area (Å²) in [6.45, 7) is 0.0174. The van der Waals surface area contributed by atoms with E-state index in [0.29, 0.717) is 16.9 Å². The molecule has 2 N–H and O–H groups in total. The van der Waals surface area contributed by atoms with Crippen molar-refractivity contribution in [1.29, 1.82) is 0 Å². The molecule has 5 nitrogen and oxygen atoms in total. The summed E-state index contributed by atoms with van der Waals surface area (Å²) in [7, 11) is 1.72. The number of carbonyl (C=O) groups is 2. The van der Waals surface area contributed by atoms with E-state index in [4.69, 9.17) is 0 Å². The van der Waals surface area contributed by atoms with Crippen LogP contribution < -0.4 is 15.5 Å². The topological polar surface area (TPSA) is 61.4 Å². The van der Waals surface area contributed by atoms with Gasteiger partial charge in [0.05, 0.1) is 6.54 Å². The Balaban J connectivity index is 1.60. The smallest absolute Gasteiger partial charge is 0.258 e. The van der Waals surface area contributed by atoms with Gasteiger partial charge >= 0.3 is 0 Å². The second kappa shape index (κ2) is 8.81. The lowest BCUT2D eigenvalue weighted by molar-refractivity contribution is -0.114. The van der Waals surface area contributed by atoms with Crippen LogP contribution in [0.5, 0.6) is 0 Å². The first-order chi connectivity index (χ1) is 13.5. The van der Waals surface area contributed by atoms with Crippen LogP contribution in [0.2, 0.25) is 0 Å². The molecule has 0 unspecified atom stereocenters. The van der Waals surface area contributed by atoms with Crippen LogP contribution in [-0.2, 0) is 4.79 Å². The quantitative estimate of drug-likeness (QED) is 0.678. The molecule has 0 fully saturated rings. The van der Waals surface area contributed by atoms with Gasteiger partial charge in [-0.05, 0) is 54.6 Å². The molecule has 0 saturated heterocycles. The van der Waals surface area contributed by atoms with Gasteiger partial charge in [0.2, 0.25) is 5.91 Å². The van der Waals surface area contributed by atoms with Crippen molar-refractivity contribution in [2.45, 2.75) is 0 Å². The number of benzene rings is 3. The fourth-order valence-corrected chi connectivity index (χ4v) is 2.65. The Morgan fingerprint density at radius 3 is 2.32 bits per heavy atom. The van der Waals surface area contributed by atoms with E-state index in [9.17, 15) is 14.0 Å². The summed E-state index contributed by atoms with van der Waals surface area (Å²) in [6, 6.07) is 21.9. The second-order valence-electron chi connectivity index (χ2n) is 6.19. The third-order valence-electron chi connectivity index (χ3n) is 4.14. The van der Waals surface area contributed by atoms with Crippen LogP contribution >= 0.6 is 0 Å². The zero-order valence-corrected chi connectivity index (χ0v) is 15.4. The van der Waals surface area contributed by atoms with Gasteiger partial charge in [-0.2, -0.15) is 0 Å². The van der Waals surface area contributed by atoms with Crippen molar-refractivity contribution in [1.82, 2.24) is 0 Å². The Morgan fingerprint density at radius 1 is 0.893 bits per heavy atom. The molecule has 3 aromatic carbocycles. The van der Waals surface area contributed by atoms with Crippen LogP contribution in [0.3, 0.4) is 0 Å². The maximum atomic E-state index is 12.9. The normalized spacial score (nSPS) is 10.2. The molecule has 0 saturated carbocycles. The number of hydrogen-bond donors (Lipinski definition) is 2. The summed E-state index contributed by atoms with van der Waals surface area (Å²) < 4.78 is 12.9. The molecule has 142 valence electrons. The second-order valence-corrected chi connectivity index (χ2v) is 6.19. The largest absolute Gasteiger partial charge is 0.376 e.